The highest BCUT2D eigenvalue weighted by Gasteiger charge is 2.32. The molecule has 2 heterocycles. The molecule has 164 valence electrons. The zero-order valence-electron chi connectivity index (χ0n) is 18.3. The summed E-state index contributed by atoms with van der Waals surface area (Å²) in [6.07, 6.45) is 10.1. The Morgan fingerprint density at radius 3 is 2.55 bits per heavy atom. The van der Waals surface area contributed by atoms with Crippen LogP contribution in [0.2, 0.25) is 0 Å². The van der Waals surface area contributed by atoms with Gasteiger partial charge in [0, 0.05) is 25.7 Å². The number of hydrogen-bond acceptors (Lipinski definition) is 4. The zero-order chi connectivity index (χ0) is 21.6. The standard InChI is InChI=1S/C25H32N4O2/c1-18-21(25(31)27-16-20-11-3-2-4-12-20)17-26-24(28-18)22-13-7-8-14-29(22)23(30)15-19-9-5-6-10-19/h2-4,11-12,17,19,22H,5-10,13-16H2,1H3,(H,27,31)/t22-/m1/s1. The molecular formula is C25H32N4O2. The van der Waals surface area contributed by atoms with Crippen LogP contribution in [0.4, 0.5) is 0 Å². The van der Waals surface area contributed by atoms with Crippen molar-refractivity contribution < 1.29 is 9.59 Å². The van der Waals surface area contributed by atoms with Gasteiger partial charge in [-0.1, -0.05) is 43.2 Å². The fourth-order valence-corrected chi connectivity index (χ4v) is 4.82. The first-order valence-corrected chi connectivity index (χ1v) is 11.6. The van der Waals surface area contributed by atoms with Gasteiger partial charge in [0.25, 0.3) is 5.91 Å². The third kappa shape index (κ3) is 5.30. The van der Waals surface area contributed by atoms with Crippen molar-refractivity contribution in [2.24, 2.45) is 5.92 Å². The normalized spacial score (nSPS) is 19.4. The molecule has 2 amide bonds. The Bertz CT molecular complexity index is 909. The number of carbonyl (C=O) groups is 2. The molecule has 6 heteroatoms. The van der Waals surface area contributed by atoms with Gasteiger partial charge in [0.1, 0.15) is 0 Å². The van der Waals surface area contributed by atoms with Gasteiger partial charge in [-0.25, -0.2) is 9.97 Å². The molecule has 0 spiro atoms. The lowest BCUT2D eigenvalue weighted by molar-refractivity contribution is -0.136. The van der Waals surface area contributed by atoms with E-state index >= 15 is 0 Å². The summed E-state index contributed by atoms with van der Waals surface area (Å²) in [5.74, 6) is 1.26. The van der Waals surface area contributed by atoms with E-state index in [1.807, 2.05) is 42.2 Å². The Balaban J connectivity index is 1.43. The number of hydrogen-bond donors (Lipinski definition) is 1. The van der Waals surface area contributed by atoms with Crippen LogP contribution in [0.1, 0.15) is 84.8 Å². The fraction of sp³-hybridized carbons (Fsp3) is 0.520. The number of likely N-dealkylation sites (tertiary alicyclic amines) is 1. The van der Waals surface area contributed by atoms with Gasteiger partial charge in [-0.05, 0) is 50.5 Å². The molecule has 1 atom stereocenters. The van der Waals surface area contributed by atoms with Crippen LogP contribution in [-0.2, 0) is 11.3 Å². The van der Waals surface area contributed by atoms with Crippen molar-refractivity contribution in [2.45, 2.75) is 70.9 Å². The van der Waals surface area contributed by atoms with Crippen LogP contribution in [-0.4, -0.2) is 33.2 Å². The monoisotopic (exact) mass is 420 g/mol. The number of amides is 2. The van der Waals surface area contributed by atoms with Gasteiger partial charge in [0.15, 0.2) is 5.82 Å². The Morgan fingerprint density at radius 2 is 1.81 bits per heavy atom. The van der Waals surface area contributed by atoms with E-state index in [0.29, 0.717) is 36.0 Å². The van der Waals surface area contributed by atoms with E-state index in [9.17, 15) is 9.59 Å². The van der Waals surface area contributed by atoms with Crippen LogP contribution < -0.4 is 5.32 Å². The maximum atomic E-state index is 13.0. The Kier molecular flexibility index (Phi) is 6.95. The average molecular weight is 421 g/mol. The van der Waals surface area contributed by atoms with Crippen molar-refractivity contribution in [3.63, 3.8) is 0 Å². The molecule has 2 fully saturated rings. The van der Waals surface area contributed by atoms with E-state index in [0.717, 1.165) is 31.4 Å². The minimum Gasteiger partial charge on any atom is -0.348 e. The molecule has 1 N–H and O–H groups in total. The molecule has 31 heavy (non-hydrogen) atoms. The van der Waals surface area contributed by atoms with Crippen LogP contribution in [0.15, 0.2) is 36.5 Å². The predicted molar refractivity (Wildman–Crippen MR) is 119 cm³/mol. The fourth-order valence-electron chi connectivity index (χ4n) is 4.82. The molecule has 0 radical (unpaired) electrons. The Labute approximate surface area is 184 Å². The number of aromatic nitrogens is 2. The first kappa shape index (κ1) is 21.5. The second kappa shape index (κ2) is 10.0. The summed E-state index contributed by atoms with van der Waals surface area (Å²) in [7, 11) is 0. The topological polar surface area (TPSA) is 75.2 Å². The Hall–Kier alpha value is -2.76. The third-order valence-corrected chi connectivity index (χ3v) is 6.60. The van der Waals surface area contributed by atoms with E-state index in [1.165, 1.54) is 25.7 Å². The summed E-state index contributed by atoms with van der Waals surface area (Å²) in [5.41, 5.74) is 2.19. The number of nitrogens with zero attached hydrogens (tertiary/aromatic N) is 3. The summed E-state index contributed by atoms with van der Waals surface area (Å²) in [6, 6.07) is 9.74. The summed E-state index contributed by atoms with van der Waals surface area (Å²) in [5, 5.41) is 2.94. The largest absolute Gasteiger partial charge is 0.348 e. The molecule has 4 rings (SSSR count). The number of aryl methyl sites for hydroxylation is 1. The van der Waals surface area contributed by atoms with Crippen molar-refractivity contribution in [3.8, 4) is 0 Å². The minimum absolute atomic E-state index is 0.0808. The lowest BCUT2D eigenvalue weighted by Gasteiger charge is -2.35. The smallest absolute Gasteiger partial charge is 0.254 e. The maximum absolute atomic E-state index is 13.0. The summed E-state index contributed by atoms with van der Waals surface area (Å²) in [6.45, 7) is 3.08. The SMILES string of the molecule is Cc1nc([C@H]2CCCCN2C(=O)CC2CCCC2)ncc1C(=O)NCc1ccccc1. The first-order chi connectivity index (χ1) is 15.1. The molecule has 6 nitrogen and oxygen atoms in total. The van der Waals surface area contributed by atoms with Crippen LogP contribution in [0.3, 0.4) is 0 Å². The molecule has 1 aliphatic heterocycles. The summed E-state index contributed by atoms with van der Waals surface area (Å²) >= 11 is 0. The van der Waals surface area contributed by atoms with Crippen molar-refractivity contribution in [3.05, 3.63) is 59.2 Å². The van der Waals surface area contributed by atoms with Crippen LogP contribution in [0.25, 0.3) is 0 Å². The van der Waals surface area contributed by atoms with Gasteiger partial charge >= 0.3 is 0 Å². The summed E-state index contributed by atoms with van der Waals surface area (Å²) in [4.78, 5) is 36.9. The van der Waals surface area contributed by atoms with Gasteiger partial charge in [0.2, 0.25) is 5.91 Å². The van der Waals surface area contributed by atoms with Gasteiger partial charge in [-0.2, -0.15) is 0 Å². The number of rotatable bonds is 6. The lowest BCUT2D eigenvalue weighted by Crippen LogP contribution is -2.40. The van der Waals surface area contributed by atoms with Gasteiger partial charge in [-0.15, -0.1) is 0 Å². The molecule has 0 unspecified atom stereocenters. The van der Waals surface area contributed by atoms with Gasteiger partial charge < -0.3 is 10.2 Å². The van der Waals surface area contributed by atoms with Crippen LogP contribution in [0.5, 0.6) is 0 Å². The maximum Gasteiger partial charge on any atom is 0.254 e. The van der Waals surface area contributed by atoms with E-state index in [2.05, 4.69) is 15.3 Å². The Morgan fingerprint density at radius 1 is 1.06 bits per heavy atom. The highest BCUT2D eigenvalue weighted by atomic mass is 16.2. The quantitative estimate of drug-likeness (QED) is 0.754. The molecule has 1 saturated carbocycles. The highest BCUT2D eigenvalue weighted by molar-refractivity contribution is 5.94. The van der Waals surface area contributed by atoms with Crippen molar-refractivity contribution in [1.82, 2.24) is 20.2 Å². The summed E-state index contributed by atoms with van der Waals surface area (Å²) < 4.78 is 0. The predicted octanol–water partition coefficient (Wildman–Crippen LogP) is 4.35. The van der Waals surface area contributed by atoms with Crippen molar-refractivity contribution in [2.75, 3.05) is 6.54 Å². The second-order valence-electron chi connectivity index (χ2n) is 8.85. The molecule has 1 saturated heterocycles. The molecular weight excluding hydrogens is 388 g/mol. The number of carbonyl (C=O) groups excluding carboxylic acids is 2. The molecule has 1 aromatic carbocycles. The van der Waals surface area contributed by atoms with Crippen LogP contribution in [0, 0.1) is 12.8 Å². The van der Waals surface area contributed by atoms with E-state index in [-0.39, 0.29) is 17.9 Å². The molecule has 2 aliphatic rings. The highest BCUT2D eigenvalue weighted by Crippen LogP contribution is 2.33. The average Bonchev–Trinajstić information content (AvgIpc) is 3.31. The molecule has 0 bridgehead atoms. The van der Waals surface area contributed by atoms with Crippen molar-refractivity contribution >= 4 is 11.8 Å². The molecule has 1 aliphatic carbocycles. The third-order valence-electron chi connectivity index (χ3n) is 6.60. The molecule has 2 aromatic rings. The lowest BCUT2D eigenvalue weighted by atomic mass is 9.97. The minimum atomic E-state index is -0.175. The van der Waals surface area contributed by atoms with Gasteiger partial charge in [0.05, 0.1) is 17.3 Å². The van der Waals surface area contributed by atoms with Crippen molar-refractivity contribution in [1.29, 1.82) is 0 Å². The first-order valence-electron chi connectivity index (χ1n) is 11.6. The number of benzene rings is 1. The second-order valence-corrected chi connectivity index (χ2v) is 8.85. The van der Waals surface area contributed by atoms with E-state index in [4.69, 9.17) is 0 Å². The molecule has 1 aromatic heterocycles. The van der Waals surface area contributed by atoms with E-state index in [1.54, 1.807) is 6.20 Å². The van der Waals surface area contributed by atoms with E-state index < -0.39 is 0 Å². The number of piperidine rings is 1. The zero-order valence-corrected chi connectivity index (χ0v) is 18.3. The number of nitrogens with one attached hydrogen (secondary N) is 1. The van der Waals surface area contributed by atoms with Crippen LogP contribution >= 0.6 is 0 Å². The van der Waals surface area contributed by atoms with Gasteiger partial charge in [-0.3, -0.25) is 9.59 Å².